The van der Waals surface area contributed by atoms with E-state index < -0.39 is 54.1 Å². The molecule has 2 aromatic carbocycles. The minimum atomic E-state index is -1.69. The SMILES string of the molecule is O=c1c(-c2ccc(O)c(O)c2)coc2c([C@@H]3OC(CO)[C@@H](O)[C@H](O)C3O)c(O)ccc12. The number of hydrogen-bond donors (Lipinski definition) is 7. The van der Waals surface area contributed by atoms with Crippen molar-refractivity contribution < 1.29 is 44.9 Å². The van der Waals surface area contributed by atoms with Crippen LogP contribution >= 0.6 is 0 Å². The Bertz CT molecular complexity index is 1180. The van der Waals surface area contributed by atoms with Gasteiger partial charge in [0.2, 0.25) is 5.43 Å². The number of hydrogen-bond acceptors (Lipinski definition) is 10. The Balaban J connectivity index is 1.88. The number of phenols is 3. The number of phenolic OH excluding ortho intramolecular Hbond substituents is 3. The highest BCUT2D eigenvalue weighted by molar-refractivity contribution is 5.86. The van der Waals surface area contributed by atoms with Gasteiger partial charge in [-0.1, -0.05) is 6.07 Å². The lowest BCUT2D eigenvalue weighted by Crippen LogP contribution is -2.55. The summed E-state index contributed by atoms with van der Waals surface area (Å²) in [4.78, 5) is 13.1. The standard InChI is InChI=1S/C21H20O10/c22-6-14-17(27)18(28)19(29)21(31-14)15-12(24)4-2-9-16(26)10(7-30-20(9)15)8-1-3-11(23)13(25)5-8/h1-5,7,14,17-19,21-25,27-29H,6H2/t14?,17-,18+,19?,21+/m1/s1. The van der Waals surface area contributed by atoms with Crippen LogP contribution in [0.5, 0.6) is 17.2 Å². The largest absolute Gasteiger partial charge is 0.507 e. The summed E-state index contributed by atoms with van der Waals surface area (Å²) in [5.41, 5.74) is -0.452. The van der Waals surface area contributed by atoms with Gasteiger partial charge < -0.3 is 44.9 Å². The van der Waals surface area contributed by atoms with E-state index in [2.05, 4.69) is 0 Å². The Morgan fingerprint density at radius 1 is 0.871 bits per heavy atom. The maximum atomic E-state index is 13.1. The number of benzene rings is 2. The third kappa shape index (κ3) is 3.40. The second-order valence-electron chi connectivity index (χ2n) is 7.31. The van der Waals surface area contributed by atoms with E-state index in [0.29, 0.717) is 0 Å². The molecule has 2 unspecified atom stereocenters. The van der Waals surface area contributed by atoms with Crippen LogP contribution in [0.25, 0.3) is 22.1 Å². The van der Waals surface area contributed by atoms with Gasteiger partial charge in [-0.25, -0.2) is 0 Å². The quantitative estimate of drug-likeness (QED) is 0.280. The van der Waals surface area contributed by atoms with Gasteiger partial charge in [0.05, 0.1) is 23.1 Å². The molecule has 1 aliphatic rings. The molecule has 0 radical (unpaired) electrons. The number of aliphatic hydroxyl groups excluding tert-OH is 4. The van der Waals surface area contributed by atoms with Gasteiger partial charge >= 0.3 is 0 Å². The summed E-state index contributed by atoms with van der Waals surface area (Å²) in [6.07, 6.45) is -6.50. The van der Waals surface area contributed by atoms with E-state index in [0.717, 1.165) is 6.26 Å². The van der Waals surface area contributed by atoms with Crippen molar-refractivity contribution in [3.63, 3.8) is 0 Å². The van der Waals surface area contributed by atoms with Gasteiger partial charge in [-0.05, 0) is 29.8 Å². The Morgan fingerprint density at radius 3 is 2.26 bits per heavy atom. The molecule has 1 aliphatic heterocycles. The molecule has 1 fully saturated rings. The van der Waals surface area contributed by atoms with Crippen molar-refractivity contribution in [1.29, 1.82) is 0 Å². The fourth-order valence-electron chi connectivity index (χ4n) is 3.72. The Labute approximate surface area is 174 Å². The van der Waals surface area contributed by atoms with E-state index in [1.807, 2.05) is 0 Å². The monoisotopic (exact) mass is 432 g/mol. The molecule has 4 rings (SSSR count). The fourth-order valence-corrected chi connectivity index (χ4v) is 3.72. The van der Waals surface area contributed by atoms with Crippen LogP contribution in [-0.4, -0.2) is 66.8 Å². The van der Waals surface area contributed by atoms with Crippen molar-refractivity contribution in [2.75, 3.05) is 6.61 Å². The predicted molar refractivity (Wildman–Crippen MR) is 106 cm³/mol. The highest BCUT2D eigenvalue weighted by Crippen LogP contribution is 2.40. The van der Waals surface area contributed by atoms with E-state index in [4.69, 9.17) is 9.15 Å². The molecule has 7 N–H and O–H groups in total. The van der Waals surface area contributed by atoms with E-state index in [-0.39, 0.29) is 33.4 Å². The lowest BCUT2D eigenvalue weighted by molar-refractivity contribution is -0.231. The molecule has 31 heavy (non-hydrogen) atoms. The first-order valence-corrected chi connectivity index (χ1v) is 9.34. The zero-order chi connectivity index (χ0) is 22.4. The molecule has 2 heterocycles. The average Bonchev–Trinajstić information content (AvgIpc) is 2.75. The van der Waals surface area contributed by atoms with E-state index in [1.54, 1.807) is 0 Å². The summed E-state index contributed by atoms with van der Waals surface area (Å²) in [6, 6.07) is 6.30. The summed E-state index contributed by atoms with van der Waals surface area (Å²) in [6.45, 7) is -0.661. The Hall–Kier alpha value is -3.15. The van der Waals surface area contributed by atoms with Gasteiger partial charge in [0.1, 0.15) is 48.1 Å². The summed E-state index contributed by atoms with van der Waals surface area (Å²) in [5.74, 6) is -1.18. The van der Waals surface area contributed by atoms with Crippen LogP contribution in [0.4, 0.5) is 0 Å². The summed E-state index contributed by atoms with van der Waals surface area (Å²) in [5, 5.41) is 69.5. The van der Waals surface area contributed by atoms with Crippen LogP contribution in [0.2, 0.25) is 0 Å². The average molecular weight is 432 g/mol. The molecular weight excluding hydrogens is 412 g/mol. The fraction of sp³-hybridized carbons (Fsp3) is 0.286. The van der Waals surface area contributed by atoms with Crippen LogP contribution in [-0.2, 0) is 4.74 Å². The first-order chi connectivity index (χ1) is 14.7. The number of ether oxygens (including phenoxy) is 1. The van der Waals surface area contributed by atoms with E-state index >= 15 is 0 Å². The molecule has 5 atom stereocenters. The molecule has 10 heteroatoms. The first kappa shape index (κ1) is 21.1. The molecular formula is C21H20O10. The lowest BCUT2D eigenvalue weighted by atomic mass is 9.89. The van der Waals surface area contributed by atoms with Crippen molar-refractivity contribution in [3.8, 4) is 28.4 Å². The van der Waals surface area contributed by atoms with Crippen LogP contribution < -0.4 is 5.43 Å². The number of fused-ring (bicyclic) bond motifs is 1. The Morgan fingerprint density at radius 2 is 1.58 bits per heavy atom. The van der Waals surface area contributed by atoms with Crippen molar-refractivity contribution >= 4 is 11.0 Å². The topological polar surface area (TPSA) is 181 Å². The van der Waals surface area contributed by atoms with Gasteiger partial charge in [-0.15, -0.1) is 0 Å². The van der Waals surface area contributed by atoms with E-state index in [1.165, 1.54) is 30.3 Å². The number of rotatable bonds is 3. The van der Waals surface area contributed by atoms with Crippen LogP contribution in [0.1, 0.15) is 11.7 Å². The van der Waals surface area contributed by atoms with Crippen molar-refractivity contribution in [3.05, 3.63) is 52.4 Å². The van der Waals surface area contributed by atoms with Crippen LogP contribution in [0.15, 0.2) is 45.8 Å². The third-order valence-corrected chi connectivity index (χ3v) is 5.42. The van der Waals surface area contributed by atoms with Crippen LogP contribution in [0.3, 0.4) is 0 Å². The highest BCUT2D eigenvalue weighted by Gasteiger charge is 2.45. The highest BCUT2D eigenvalue weighted by atomic mass is 16.5. The van der Waals surface area contributed by atoms with Gasteiger partial charge in [0.25, 0.3) is 0 Å². The molecule has 1 saturated heterocycles. The third-order valence-electron chi connectivity index (χ3n) is 5.42. The molecule has 1 aromatic heterocycles. The van der Waals surface area contributed by atoms with Crippen molar-refractivity contribution in [2.45, 2.75) is 30.5 Å². The zero-order valence-electron chi connectivity index (χ0n) is 15.9. The van der Waals surface area contributed by atoms with Gasteiger partial charge in [0, 0.05) is 0 Å². The molecule has 10 nitrogen and oxygen atoms in total. The maximum absolute atomic E-state index is 13.1. The van der Waals surface area contributed by atoms with Crippen molar-refractivity contribution in [1.82, 2.24) is 0 Å². The zero-order valence-corrected chi connectivity index (χ0v) is 15.9. The first-order valence-electron chi connectivity index (χ1n) is 9.34. The number of aromatic hydroxyl groups is 3. The Kier molecular flexibility index (Phi) is 5.33. The maximum Gasteiger partial charge on any atom is 0.200 e. The second-order valence-corrected chi connectivity index (χ2v) is 7.31. The molecule has 0 bridgehead atoms. The van der Waals surface area contributed by atoms with Crippen molar-refractivity contribution in [2.24, 2.45) is 0 Å². The predicted octanol–water partition coefficient (Wildman–Crippen LogP) is 0.0917. The normalized spacial score (nSPS) is 26.3. The molecule has 0 aliphatic carbocycles. The minimum Gasteiger partial charge on any atom is -0.507 e. The molecule has 164 valence electrons. The molecule has 0 amide bonds. The molecule has 0 saturated carbocycles. The smallest absolute Gasteiger partial charge is 0.200 e. The van der Waals surface area contributed by atoms with E-state index in [9.17, 15) is 40.5 Å². The minimum absolute atomic E-state index is 0.00910. The van der Waals surface area contributed by atoms with Crippen LogP contribution in [0, 0.1) is 0 Å². The van der Waals surface area contributed by atoms with Gasteiger partial charge in [0.15, 0.2) is 11.5 Å². The number of aliphatic hydroxyl groups is 4. The van der Waals surface area contributed by atoms with Gasteiger partial charge in [-0.2, -0.15) is 0 Å². The second kappa shape index (κ2) is 7.84. The summed E-state index contributed by atoms with van der Waals surface area (Å²) >= 11 is 0. The molecule has 0 spiro atoms. The summed E-state index contributed by atoms with van der Waals surface area (Å²) in [7, 11) is 0. The lowest BCUT2D eigenvalue weighted by Gasteiger charge is -2.40. The summed E-state index contributed by atoms with van der Waals surface area (Å²) < 4.78 is 11.1. The molecule has 3 aromatic rings. The van der Waals surface area contributed by atoms with Gasteiger partial charge in [-0.3, -0.25) is 4.79 Å².